The highest BCUT2D eigenvalue weighted by Crippen LogP contribution is 2.34. The van der Waals surface area contributed by atoms with Gasteiger partial charge < -0.3 is 5.32 Å². The molecule has 4 aromatic carbocycles. The van der Waals surface area contributed by atoms with Crippen LogP contribution in [-0.4, -0.2) is 90.2 Å². The summed E-state index contributed by atoms with van der Waals surface area (Å²) in [5.74, 6) is -4.63. The van der Waals surface area contributed by atoms with Crippen LogP contribution >= 0.6 is 10.7 Å². The molecule has 0 aliphatic carbocycles. The van der Waals surface area contributed by atoms with Crippen molar-refractivity contribution in [3.63, 3.8) is 0 Å². The molecule has 2 aliphatic rings. The maximum absolute atomic E-state index is 14.7. The lowest BCUT2D eigenvalue weighted by Crippen LogP contribution is -2.44. The van der Waals surface area contributed by atoms with Crippen LogP contribution in [0.4, 0.5) is 55.3 Å². The first-order chi connectivity index (χ1) is 36.2. The Morgan fingerprint density at radius 3 is 1.44 bits per heavy atom. The van der Waals surface area contributed by atoms with E-state index in [4.69, 9.17) is 23.8 Å². The van der Waals surface area contributed by atoms with Crippen molar-refractivity contribution in [1.29, 1.82) is 0 Å². The fourth-order valence-electron chi connectivity index (χ4n) is 7.90. The number of hydrogen-bond acceptors (Lipinski definition) is 11. The standard InChI is InChI=1S/C25H19F5N4O3S.C19H16F4N4O.C6H4ClFO2S/c1-31-21-8-2-15(17-13-32-24(33-14-17)25(28,29)30)12-16(21)3-9-22(35)23-20(27)10-11-34(23)38(36,37)19-6-4-18(26)5-7-19;1-24-15-4-2-11(13-9-26-18(27-10-13)19(21,22)23)8-12(15)3-5-16(28)17-14(20)6-7-25-17;7-11(9,10)6-3-1-5(8)2-4-6/h2,4-8,12-14,20,23H,3,9-11H2;2,4,8-10,14,17,25H,3,5-7H2;1-4H/t20-,23-;14-,17-;/m00./s1. The molecule has 2 aliphatic heterocycles. The molecule has 14 nitrogen and oxygen atoms in total. The van der Waals surface area contributed by atoms with E-state index in [0.717, 1.165) is 77.6 Å². The van der Waals surface area contributed by atoms with E-state index in [1.807, 2.05) is 0 Å². The minimum Gasteiger partial charge on any atom is -0.305 e. The summed E-state index contributed by atoms with van der Waals surface area (Å²) < 4.78 is 178. The third kappa shape index (κ3) is 15.3. The van der Waals surface area contributed by atoms with Crippen molar-refractivity contribution in [2.75, 3.05) is 13.1 Å². The molecular weight excluding hydrogens is 1100 g/mol. The monoisotopic (exact) mass is 1140 g/mol. The molecule has 4 atom stereocenters. The summed E-state index contributed by atoms with van der Waals surface area (Å²) in [6.07, 6.45) is -8.10. The molecule has 0 radical (unpaired) electrons. The normalized spacial score (nSPS) is 17.7. The van der Waals surface area contributed by atoms with Gasteiger partial charge in [-0.3, -0.25) is 9.59 Å². The number of aryl methyl sites for hydroxylation is 2. The van der Waals surface area contributed by atoms with Crippen molar-refractivity contribution >= 4 is 52.7 Å². The van der Waals surface area contributed by atoms with Gasteiger partial charge in [-0.15, -0.1) is 0 Å². The lowest BCUT2D eigenvalue weighted by Gasteiger charge is -2.24. The summed E-state index contributed by atoms with van der Waals surface area (Å²) in [7, 11) is -3.03. The average molecular weight is 1140 g/mol. The molecule has 0 saturated carbocycles. The molecule has 2 fully saturated rings. The second-order valence-electron chi connectivity index (χ2n) is 16.9. The summed E-state index contributed by atoms with van der Waals surface area (Å²) in [5, 5.41) is 2.83. The quantitative estimate of drug-likeness (QED) is 0.0661. The first-order valence-electron chi connectivity index (χ1n) is 22.6. The molecule has 0 spiro atoms. The van der Waals surface area contributed by atoms with Gasteiger partial charge in [0.25, 0.3) is 9.05 Å². The topological polar surface area (TPSA) is 178 Å². The number of nitrogens with zero attached hydrogens (tertiary/aromatic N) is 7. The fourth-order valence-corrected chi connectivity index (χ4v) is 10.3. The Hall–Kier alpha value is -7.23. The number of ketones is 2. The molecule has 4 heterocycles. The van der Waals surface area contributed by atoms with Crippen LogP contribution in [0.2, 0.25) is 0 Å². The molecule has 0 bridgehead atoms. The lowest BCUT2D eigenvalue weighted by atomic mass is 9.97. The molecule has 404 valence electrons. The van der Waals surface area contributed by atoms with Gasteiger partial charge in [-0.25, -0.2) is 64.0 Å². The Labute approximate surface area is 438 Å². The molecule has 1 N–H and O–H groups in total. The van der Waals surface area contributed by atoms with Crippen molar-refractivity contribution in [3.8, 4) is 22.3 Å². The molecule has 8 rings (SSSR count). The van der Waals surface area contributed by atoms with Gasteiger partial charge in [-0.05, 0) is 103 Å². The smallest absolute Gasteiger partial charge is 0.305 e. The Morgan fingerprint density at radius 2 is 1.05 bits per heavy atom. The van der Waals surface area contributed by atoms with Crippen molar-refractivity contribution in [3.05, 3.63) is 167 Å². The minimum absolute atomic E-state index is 0.0421. The predicted octanol–water partition coefficient (Wildman–Crippen LogP) is 10.8. The number of carbonyl (C=O) groups is 2. The number of carbonyl (C=O) groups excluding carboxylic acids is 2. The van der Waals surface area contributed by atoms with E-state index in [1.165, 1.54) is 24.3 Å². The third-order valence-electron chi connectivity index (χ3n) is 11.8. The molecule has 2 saturated heterocycles. The highest BCUT2D eigenvalue weighted by molar-refractivity contribution is 8.13. The first kappa shape index (κ1) is 59.0. The number of rotatable bonds is 13. The SMILES string of the molecule is O=S(=O)(Cl)c1ccc(F)cc1.[C-]#[N+]c1ccc(-c2cnc(C(F)(F)F)nc2)cc1CCC(=O)[C@@H]1[C@@H](F)CCN1S(=O)(=O)c1ccc(F)cc1.[C-]#[N+]c1ccc(-c2cnc(C(F)(F)F)nc2)cc1CCC(=O)[C@H]1NCC[C@@H]1F. The highest BCUT2D eigenvalue weighted by atomic mass is 35.7. The number of sulfonamides is 1. The van der Waals surface area contributed by atoms with E-state index in [2.05, 4.69) is 34.9 Å². The second kappa shape index (κ2) is 24.8. The van der Waals surface area contributed by atoms with Gasteiger partial charge in [0.1, 0.15) is 30.0 Å². The maximum Gasteiger partial charge on any atom is 0.451 e. The highest BCUT2D eigenvalue weighted by Gasteiger charge is 2.46. The first-order valence-corrected chi connectivity index (χ1v) is 26.3. The number of halogens is 11. The third-order valence-corrected chi connectivity index (χ3v) is 15.0. The van der Waals surface area contributed by atoms with Gasteiger partial charge in [0.15, 0.2) is 22.9 Å². The number of benzene rings is 4. The number of alkyl halides is 8. The summed E-state index contributed by atoms with van der Waals surface area (Å²) in [4.78, 5) is 45.0. The molecule has 0 unspecified atom stereocenters. The predicted molar refractivity (Wildman–Crippen MR) is 258 cm³/mol. The van der Waals surface area contributed by atoms with Crippen molar-refractivity contribution in [2.24, 2.45) is 0 Å². The zero-order valence-corrected chi connectivity index (χ0v) is 41.8. The van der Waals surface area contributed by atoms with E-state index in [0.29, 0.717) is 46.5 Å². The van der Waals surface area contributed by atoms with Crippen LogP contribution < -0.4 is 5.32 Å². The van der Waals surface area contributed by atoms with E-state index >= 15 is 0 Å². The number of Topliss-reactive ketones (excluding diaryl/α,β-unsaturated/α-hetero) is 2. The maximum atomic E-state index is 14.7. The number of hydrogen-bond donors (Lipinski definition) is 1. The van der Waals surface area contributed by atoms with E-state index in [9.17, 15) is 70.3 Å². The van der Waals surface area contributed by atoms with Crippen molar-refractivity contribution in [1.82, 2.24) is 29.6 Å². The largest absolute Gasteiger partial charge is 0.451 e. The lowest BCUT2D eigenvalue weighted by molar-refractivity contribution is -0.145. The summed E-state index contributed by atoms with van der Waals surface area (Å²) in [6, 6.07) is 15.0. The molecule has 6 aromatic rings. The molecule has 27 heteroatoms. The van der Waals surface area contributed by atoms with Crippen molar-refractivity contribution in [2.45, 2.75) is 85.1 Å². The van der Waals surface area contributed by atoms with Crippen LogP contribution in [0.3, 0.4) is 0 Å². The molecule has 0 amide bonds. The molecule has 77 heavy (non-hydrogen) atoms. The summed E-state index contributed by atoms with van der Waals surface area (Å²) >= 11 is 0. The van der Waals surface area contributed by atoms with Crippen LogP contribution in [0, 0.1) is 24.8 Å². The molecular formula is C50H39ClF10N8O6S2. The Bertz CT molecular complexity index is 3400. The average Bonchev–Trinajstić information content (AvgIpc) is 4.04. The van der Waals surface area contributed by atoms with Gasteiger partial charge >= 0.3 is 12.4 Å². The molecule has 2 aromatic heterocycles. The van der Waals surface area contributed by atoms with Gasteiger partial charge in [-0.1, -0.05) is 36.4 Å². The van der Waals surface area contributed by atoms with Crippen molar-refractivity contribution < 1.29 is 70.3 Å². The van der Waals surface area contributed by atoms with Crippen LogP contribution in [-0.2, 0) is 53.9 Å². The Balaban J connectivity index is 0.000000214. The van der Waals surface area contributed by atoms with E-state index < -0.39 is 84.9 Å². The van der Waals surface area contributed by atoms with Gasteiger partial charge in [0.2, 0.25) is 21.7 Å². The van der Waals surface area contributed by atoms with E-state index in [1.54, 1.807) is 12.1 Å². The summed E-state index contributed by atoms with van der Waals surface area (Å²) in [6.45, 7) is 14.9. The fraction of sp³-hybridized carbons (Fsp3) is 0.280. The van der Waals surface area contributed by atoms with Gasteiger partial charge in [0.05, 0.1) is 29.0 Å². The van der Waals surface area contributed by atoms with Crippen LogP contribution in [0.25, 0.3) is 31.9 Å². The number of nitrogens with one attached hydrogen (secondary N) is 1. The zero-order valence-electron chi connectivity index (χ0n) is 39.4. The van der Waals surface area contributed by atoms with Gasteiger partial charge in [-0.2, -0.15) is 30.6 Å². The Kier molecular flexibility index (Phi) is 19.0. The van der Waals surface area contributed by atoms with Crippen LogP contribution in [0.1, 0.15) is 48.5 Å². The minimum atomic E-state index is -4.70. The van der Waals surface area contributed by atoms with Crippen LogP contribution in [0.15, 0.2) is 120 Å². The van der Waals surface area contributed by atoms with Gasteiger partial charge in [0, 0.05) is 66.0 Å². The van der Waals surface area contributed by atoms with E-state index in [-0.39, 0.29) is 65.5 Å². The number of aromatic nitrogens is 4. The zero-order chi connectivity index (χ0) is 56.5. The van der Waals surface area contributed by atoms with Crippen LogP contribution in [0.5, 0.6) is 0 Å². The Morgan fingerprint density at radius 1 is 0.623 bits per heavy atom. The second-order valence-corrected chi connectivity index (χ2v) is 21.3. The summed E-state index contributed by atoms with van der Waals surface area (Å²) in [5.41, 5.74) is 2.98.